The number of rotatable bonds is 7. The quantitative estimate of drug-likeness (QED) is 0.551. The van der Waals surface area contributed by atoms with Crippen molar-refractivity contribution in [1.29, 1.82) is 0 Å². The lowest BCUT2D eigenvalue weighted by atomic mass is 10.2. The highest BCUT2D eigenvalue weighted by molar-refractivity contribution is 7.95. The summed E-state index contributed by atoms with van der Waals surface area (Å²) in [5.41, 5.74) is 0. The summed E-state index contributed by atoms with van der Waals surface area (Å²) >= 11 is 0. The topological polar surface area (TPSA) is 18.5 Å². The molecule has 0 N–H and O–H groups in total. The SMILES string of the molecule is CCCC1(C[P+](c2ccccc2)(c2ccccc2)c2ccccc2)OCCO1. The number of hydrogen-bond donors (Lipinski definition) is 0. The molecule has 3 aromatic rings. The lowest BCUT2D eigenvalue weighted by Crippen LogP contribution is -2.44. The van der Waals surface area contributed by atoms with Crippen LogP contribution in [0.4, 0.5) is 0 Å². The zero-order valence-corrected chi connectivity index (χ0v) is 17.4. The minimum atomic E-state index is -1.95. The van der Waals surface area contributed by atoms with Gasteiger partial charge in [0.05, 0.1) is 13.2 Å². The molecule has 0 aromatic heterocycles. The second-order valence-corrected chi connectivity index (χ2v) is 10.8. The Morgan fingerprint density at radius 3 is 1.43 bits per heavy atom. The Kier molecular flexibility index (Phi) is 5.92. The van der Waals surface area contributed by atoms with Crippen molar-refractivity contribution >= 4 is 23.2 Å². The predicted molar refractivity (Wildman–Crippen MR) is 120 cm³/mol. The number of hydrogen-bond acceptors (Lipinski definition) is 2. The van der Waals surface area contributed by atoms with Crippen LogP contribution >= 0.6 is 7.26 Å². The van der Waals surface area contributed by atoms with Gasteiger partial charge in [0, 0.05) is 6.42 Å². The Morgan fingerprint density at radius 2 is 1.07 bits per heavy atom. The Balaban J connectivity index is 1.96. The Labute approximate surface area is 168 Å². The fraction of sp³-hybridized carbons (Fsp3) is 0.280. The van der Waals surface area contributed by atoms with E-state index in [-0.39, 0.29) is 0 Å². The number of benzene rings is 3. The van der Waals surface area contributed by atoms with Crippen LogP contribution in [0.2, 0.25) is 0 Å². The molecule has 0 unspecified atom stereocenters. The average molecular weight is 391 g/mol. The van der Waals surface area contributed by atoms with Crippen molar-refractivity contribution in [1.82, 2.24) is 0 Å². The minimum Gasteiger partial charge on any atom is -0.344 e. The molecule has 0 bridgehead atoms. The third kappa shape index (κ3) is 3.65. The van der Waals surface area contributed by atoms with Crippen molar-refractivity contribution in [3.05, 3.63) is 91.0 Å². The first-order chi connectivity index (χ1) is 13.8. The second-order valence-electron chi connectivity index (χ2n) is 7.33. The molecule has 0 atom stereocenters. The molecule has 144 valence electrons. The molecular weight excluding hydrogens is 363 g/mol. The molecule has 28 heavy (non-hydrogen) atoms. The molecule has 0 amide bonds. The minimum absolute atomic E-state index is 0.510. The van der Waals surface area contributed by atoms with Gasteiger partial charge in [-0.05, 0) is 36.4 Å². The van der Waals surface area contributed by atoms with E-state index in [4.69, 9.17) is 9.47 Å². The molecule has 0 saturated carbocycles. The van der Waals surface area contributed by atoms with E-state index in [1.54, 1.807) is 0 Å². The molecule has 1 saturated heterocycles. The van der Waals surface area contributed by atoms with Gasteiger partial charge in [-0.15, -0.1) is 0 Å². The van der Waals surface area contributed by atoms with E-state index < -0.39 is 13.0 Å². The highest BCUT2D eigenvalue weighted by Gasteiger charge is 2.54. The first-order valence-electron chi connectivity index (χ1n) is 10.1. The molecule has 0 radical (unpaired) electrons. The fourth-order valence-electron chi connectivity index (χ4n) is 4.32. The van der Waals surface area contributed by atoms with Crippen molar-refractivity contribution in [2.75, 3.05) is 19.4 Å². The van der Waals surface area contributed by atoms with E-state index in [0.717, 1.165) is 19.0 Å². The summed E-state index contributed by atoms with van der Waals surface area (Å²) in [4.78, 5) is 0. The molecule has 3 aromatic carbocycles. The van der Waals surface area contributed by atoms with Crippen LogP contribution in [0, 0.1) is 0 Å². The van der Waals surface area contributed by atoms with Crippen molar-refractivity contribution in [2.24, 2.45) is 0 Å². The summed E-state index contributed by atoms with van der Waals surface area (Å²) in [5, 5.41) is 4.13. The van der Waals surface area contributed by atoms with Crippen molar-refractivity contribution in [2.45, 2.75) is 25.6 Å². The van der Waals surface area contributed by atoms with Gasteiger partial charge in [-0.1, -0.05) is 67.9 Å². The van der Waals surface area contributed by atoms with E-state index in [1.165, 1.54) is 15.9 Å². The van der Waals surface area contributed by atoms with Crippen LogP contribution in [0.3, 0.4) is 0 Å². The van der Waals surface area contributed by atoms with Crippen LogP contribution in [-0.4, -0.2) is 25.2 Å². The van der Waals surface area contributed by atoms with E-state index in [9.17, 15) is 0 Å². The Bertz CT molecular complexity index is 762. The first kappa shape index (κ1) is 19.3. The predicted octanol–water partition coefficient (Wildman–Crippen LogP) is 4.52. The van der Waals surface area contributed by atoms with Crippen LogP contribution in [0.25, 0.3) is 0 Å². The largest absolute Gasteiger partial charge is 0.344 e. The molecule has 4 rings (SSSR count). The van der Waals surface area contributed by atoms with Crippen LogP contribution < -0.4 is 15.9 Å². The lowest BCUT2D eigenvalue weighted by molar-refractivity contribution is -0.143. The third-order valence-electron chi connectivity index (χ3n) is 5.51. The van der Waals surface area contributed by atoms with Crippen molar-refractivity contribution in [3.63, 3.8) is 0 Å². The third-order valence-corrected chi connectivity index (χ3v) is 10.0. The second kappa shape index (κ2) is 8.57. The molecule has 1 aliphatic heterocycles. The van der Waals surface area contributed by atoms with Crippen LogP contribution in [-0.2, 0) is 9.47 Å². The van der Waals surface area contributed by atoms with E-state index in [0.29, 0.717) is 13.2 Å². The average Bonchev–Trinajstić information content (AvgIpc) is 3.22. The molecule has 2 nitrogen and oxygen atoms in total. The molecular formula is C25H28O2P+. The maximum Gasteiger partial charge on any atom is 0.203 e. The summed E-state index contributed by atoms with van der Waals surface area (Å²) in [6.07, 6.45) is 2.82. The lowest BCUT2D eigenvalue weighted by Gasteiger charge is -2.35. The van der Waals surface area contributed by atoms with Gasteiger partial charge >= 0.3 is 0 Å². The summed E-state index contributed by atoms with van der Waals surface area (Å²) < 4.78 is 12.6. The summed E-state index contributed by atoms with van der Waals surface area (Å²) in [6, 6.07) is 32.9. The molecule has 1 aliphatic rings. The van der Waals surface area contributed by atoms with E-state index in [2.05, 4.69) is 97.9 Å². The Hall–Kier alpha value is -1.99. The maximum atomic E-state index is 6.31. The first-order valence-corrected chi connectivity index (χ1v) is 12.1. The zero-order valence-electron chi connectivity index (χ0n) is 16.5. The zero-order chi connectivity index (χ0) is 19.3. The van der Waals surface area contributed by atoms with Gasteiger partial charge in [0.1, 0.15) is 29.3 Å². The molecule has 0 spiro atoms. The fourth-order valence-corrected chi connectivity index (χ4v) is 8.87. The summed E-state index contributed by atoms with van der Waals surface area (Å²) in [7, 11) is -1.95. The summed E-state index contributed by atoms with van der Waals surface area (Å²) in [6.45, 7) is 3.57. The van der Waals surface area contributed by atoms with Gasteiger partial charge in [0.25, 0.3) is 0 Å². The molecule has 3 heteroatoms. The number of ether oxygens (including phenoxy) is 2. The monoisotopic (exact) mass is 391 g/mol. The van der Waals surface area contributed by atoms with Gasteiger partial charge in [-0.25, -0.2) is 0 Å². The standard InChI is InChI=1S/C25H28O2P/c1-2-18-25(26-19-20-27-25)21-28(22-12-6-3-7-13-22,23-14-8-4-9-15-23)24-16-10-5-11-17-24/h3-17H,2,18-21H2,1H3/q+1. The van der Waals surface area contributed by atoms with Gasteiger partial charge < -0.3 is 9.47 Å². The highest BCUT2D eigenvalue weighted by Crippen LogP contribution is 2.58. The van der Waals surface area contributed by atoms with Crippen molar-refractivity contribution < 1.29 is 9.47 Å². The van der Waals surface area contributed by atoms with Crippen LogP contribution in [0.1, 0.15) is 19.8 Å². The van der Waals surface area contributed by atoms with E-state index in [1.807, 2.05) is 0 Å². The van der Waals surface area contributed by atoms with Gasteiger partial charge in [-0.2, -0.15) is 0 Å². The molecule has 1 heterocycles. The normalized spacial score (nSPS) is 16.2. The maximum absolute atomic E-state index is 6.31. The van der Waals surface area contributed by atoms with Crippen LogP contribution in [0.5, 0.6) is 0 Å². The molecule has 1 fully saturated rings. The van der Waals surface area contributed by atoms with E-state index >= 15 is 0 Å². The Morgan fingerprint density at radius 1 is 0.679 bits per heavy atom. The van der Waals surface area contributed by atoms with Gasteiger partial charge in [0.15, 0.2) is 0 Å². The van der Waals surface area contributed by atoms with Gasteiger partial charge in [-0.3, -0.25) is 0 Å². The summed E-state index contributed by atoms with van der Waals surface area (Å²) in [5.74, 6) is -0.510. The smallest absolute Gasteiger partial charge is 0.203 e. The molecule has 0 aliphatic carbocycles. The van der Waals surface area contributed by atoms with Crippen molar-refractivity contribution in [3.8, 4) is 0 Å². The van der Waals surface area contributed by atoms with Crippen LogP contribution in [0.15, 0.2) is 91.0 Å². The van der Waals surface area contributed by atoms with Gasteiger partial charge in [0.2, 0.25) is 5.79 Å². The highest BCUT2D eigenvalue weighted by atomic mass is 31.2.